The molecule has 0 aliphatic rings. The minimum Gasteiger partial charge on any atom is -0.467 e. The Balaban J connectivity index is 2.83. The summed E-state index contributed by atoms with van der Waals surface area (Å²) in [4.78, 5) is 22.8. The molecule has 0 aliphatic carbocycles. The Labute approximate surface area is 120 Å². The van der Waals surface area contributed by atoms with Crippen LogP contribution in [0.25, 0.3) is 0 Å². The Bertz CT molecular complexity index is 471. The lowest BCUT2D eigenvalue weighted by molar-refractivity contribution is -0.144. The molecule has 4 nitrogen and oxygen atoms in total. The minimum atomic E-state index is -0.641. The lowest BCUT2D eigenvalue weighted by Gasteiger charge is -2.20. The molecule has 0 radical (unpaired) electrons. The lowest BCUT2D eigenvalue weighted by atomic mass is 9.86. The van der Waals surface area contributed by atoms with Crippen molar-refractivity contribution in [1.29, 1.82) is 0 Å². The van der Waals surface area contributed by atoms with E-state index < -0.39 is 12.0 Å². The van der Waals surface area contributed by atoms with Crippen molar-refractivity contribution < 1.29 is 14.3 Å². The van der Waals surface area contributed by atoms with Crippen LogP contribution in [0, 0.1) is 0 Å². The predicted molar refractivity (Wildman–Crippen MR) is 78.5 cm³/mol. The van der Waals surface area contributed by atoms with Crippen LogP contribution in [0.3, 0.4) is 0 Å². The SMILES string of the molecule is COC(=O)[C@H](Cc1ccc(C(C)(C)C)cc1)NC(C)=O. The Morgan fingerprint density at radius 3 is 2.15 bits per heavy atom. The molecular weight excluding hydrogens is 254 g/mol. The number of benzene rings is 1. The maximum Gasteiger partial charge on any atom is 0.328 e. The largest absolute Gasteiger partial charge is 0.467 e. The van der Waals surface area contributed by atoms with Crippen LogP contribution >= 0.6 is 0 Å². The molecule has 4 heteroatoms. The Morgan fingerprint density at radius 2 is 1.75 bits per heavy atom. The fraction of sp³-hybridized carbons (Fsp3) is 0.500. The van der Waals surface area contributed by atoms with E-state index in [0.717, 1.165) is 5.56 Å². The van der Waals surface area contributed by atoms with Gasteiger partial charge in [-0.1, -0.05) is 45.0 Å². The van der Waals surface area contributed by atoms with E-state index in [0.29, 0.717) is 6.42 Å². The highest BCUT2D eigenvalue weighted by Gasteiger charge is 2.21. The van der Waals surface area contributed by atoms with E-state index in [-0.39, 0.29) is 11.3 Å². The van der Waals surface area contributed by atoms with Crippen molar-refractivity contribution in [2.75, 3.05) is 7.11 Å². The van der Waals surface area contributed by atoms with Crippen molar-refractivity contribution in [1.82, 2.24) is 5.32 Å². The molecule has 0 saturated heterocycles. The summed E-state index contributed by atoms with van der Waals surface area (Å²) in [7, 11) is 1.32. The fourth-order valence-electron chi connectivity index (χ4n) is 1.96. The molecule has 0 aliphatic heterocycles. The molecule has 0 saturated carbocycles. The van der Waals surface area contributed by atoms with Gasteiger partial charge in [-0.2, -0.15) is 0 Å². The molecule has 0 fully saturated rings. The summed E-state index contributed by atoms with van der Waals surface area (Å²) in [6, 6.07) is 7.43. The van der Waals surface area contributed by atoms with Gasteiger partial charge in [0.2, 0.25) is 5.91 Å². The van der Waals surface area contributed by atoms with Crippen molar-refractivity contribution in [3.05, 3.63) is 35.4 Å². The Kier molecular flexibility index (Phi) is 5.31. The van der Waals surface area contributed by atoms with Gasteiger partial charge < -0.3 is 10.1 Å². The van der Waals surface area contributed by atoms with E-state index in [9.17, 15) is 9.59 Å². The molecule has 1 N–H and O–H groups in total. The van der Waals surface area contributed by atoms with Crippen molar-refractivity contribution in [2.24, 2.45) is 0 Å². The summed E-state index contributed by atoms with van der Waals surface area (Å²) in [5, 5.41) is 2.61. The summed E-state index contributed by atoms with van der Waals surface area (Å²) in [6.07, 6.45) is 0.427. The third kappa shape index (κ3) is 4.68. The zero-order valence-electron chi connectivity index (χ0n) is 12.8. The highest BCUT2D eigenvalue weighted by atomic mass is 16.5. The van der Waals surface area contributed by atoms with Gasteiger partial charge >= 0.3 is 5.97 Å². The molecule has 1 rings (SSSR count). The number of hydrogen-bond donors (Lipinski definition) is 1. The third-order valence-corrected chi connectivity index (χ3v) is 3.12. The van der Waals surface area contributed by atoms with Crippen LogP contribution in [-0.4, -0.2) is 25.0 Å². The van der Waals surface area contributed by atoms with Gasteiger partial charge in [0.25, 0.3) is 0 Å². The average Bonchev–Trinajstić information content (AvgIpc) is 2.36. The fourth-order valence-corrected chi connectivity index (χ4v) is 1.96. The van der Waals surface area contributed by atoms with Gasteiger partial charge in [-0.15, -0.1) is 0 Å². The van der Waals surface area contributed by atoms with E-state index in [2.05, 4.69) is 38.2 Å². The molecule has 1 aromatic carbocycles. The van der Waals surface area contributed by atoms with Gasteiger partial charge in [0.15, 0.2) is 0 Å². The van der Waals surface area contributed by atoms with Crippen molar-refractivity contribution in [3.63, 3.8) is 0 Å². The van der Waals surface area contributed by atoms with Crippen LogP contribution in [0.5, 0.6) is 0 Å². The predicted octanol–water partition coefficient (Wildman–Crippen LogP) is 2.20. The van der Waals surface area contributed by atoms with Crippen LogP contribution in [0.1, 0.15) is 38.8 Å². The summed E-state index contributed by atoms with van der Waals surface area (Å²) < 4.78 is 4.71. The zero-order chi connectivity index (χ0) is 15.3. The molecule has 0 aromatic heterocycles. The molecule has 0 bridgehead atoms. The zero-order valence-corrected chi connectivity index (χ0v) is 12.8. The first-order valence-corrected chi connectivity index (χ1v) is 6.68. The van der Waals surface area contributed by atoms with E-state index in [4.69, 9.17) is 4.74 Å². The molecule has 0 heterocycles. The van der Waals surface area contributed by atoms with Gasteiger partial charge in [-0.3, -0.25) is 4.79 Å². The van der Waals surface area contributed by atoms with Gasteiger partial charge in [0.1, 0.15) is 6.04 Å². The van der Waals surface area contributed by atoms with Crippen molar-refractivity contribution in [2.45, 2.75) is 45.6 Å². The summed E-state index contributed by atoms with van der Waals surface area (Å²) in [5.74, 6) is -0.674. The van der Waals surface area contributed by atoms with Crippen LogP contribution in [0.15, 0.2) is 24.3 Å². The van der Waals surface area contributed by atoms with Crippen molar-refractivity contribution >= 4 is 11.9 Å². The molecule has 110 valence electrons. The molecule has 1 amide bonds. The molecular formula is C16H23NO3. The number of rotatable bonds is 4. The second-order valence-corrected chi connectivity index (χ2v) is 5.93. The van der Waals surface area contributed by atoms with Crippen LogP contribution in [0.2, 0.25) is 0 Å². The maximum atomic E-state index is 11.6. The van der Waals surface area contributed by atoms with E-state index >= 15 is 0 Å². The third-order valence-electron chi connectivity index (χ3n) is 3.12. The Morgan fingerprint density at radius 1 is 1.20 bits per heavy atom. The number of hydrogen-bond acceptors (Lipinski definition) is 3. The number of nitrogens with one attached hydrogen (secondary N) is 1. The summed E-state index contributed by atoms with van der Waals surface area (Å²) in [5.41, 5.74) is 2.32. The normalized spacial score (nSPS) is 12.7. The van der Waals surface area contributed by atoms with Crippen LogP contribution < -0.4 is 5.32 Å². The molecule has 0 unspecified atom stereocenters. The number of esters is 1. The second kappa shape index (κ2) is 6.55. The molecule has 1 aromatic rings. The topological polar surface area (TPSA) is 55.4 Å². The number of amides is 1. The average molecular weight is 277 g/mol. The highest BCUT2D eigenvalue weighted by molar-refractivity contribution is 5.83. The number of carbonyl (C=O) groups is 2. The van der Waals surface area contributed by atoms with E-state index in [1.165, 1.54) is 19.6 Å². The van der Waals surface area contributed by atoms with Crippen molar-refractivity contribution in [3.8, 4) is 0 Å². The molecule has 0 spiro atoms. The monoisotopic (exact) mass is 277 g/mol. The maximum absolute atomic E-state index is 11.6. The minimum absolute atomic E-state index is 0.0952. The first-order chi connectivity index (χ1) is 9.24. The van der Waals surface area contributed by atoms with E-state index in [1.54, 1.807) is 0 Å². The second-order valence-electron chi connectivity index (χ2n) is 5.93. The van der Waals surface area contributed by atoms with Gasteiger partial charge in [-0.25, -0.2) is 4.79 Å². The lowest BCUT2D eigenvalue weighted by Crippen LogP contribution is -2.41. The number of methoxy groups -OCH3 is 1. The molecule has 1 atom stereocenters. The smallest absolute Gasteiger partial charge is 0.328 e. The highest BCUT2D eigenvalue weighted by Crippen LogP contribution is 2.22. The number of carbonyl (C=O) groups excluding carboxylic acids is 2. The van der Waals surface area contributed by atoms with Gasteiger partial charge in [0, 0.05) is 13.3 Å². The van der Waals surface area contributed by atoms with E-state index in [1.807, 2.05) is 12.1 Å². The quantitative estimate of drug-likeness (QED) is 0.858. The van der Waals surface area contributed by atoms with Gasteiger partial charge in [-0.05, 0) is 16.5 Å². The summed E-state index contributed by atoms with van der Waals surface area (Å²) >= 11 is 0. The Hall–Kier alpha value is -1.84. The first kappa shape index (κ1) is 16.2. The first-order valence-electron chi connectivity index (χ1n) is 6.68. The number of ether oxygens (including phenoxy) is 1. The molecule has 20 heavy (non-hydrogen) atoms. The standard InChI is InChI=1S/C16H23NO3/c1-11(18)17-14(15(19)20-5)10-12-6-8-13(9-7-12)16(2,3)4/h6-9,14H,10H2,1-5H3,(H,17,18)/t14-/m0/s1. The van der Waals surface area contributed by atoms with Crippen LogP contribution in [-0.2, 0) is 26.2 Å². The van der Waals surface area contributed by atoms with Gasteiger partial charge in [0.05, 0.1) is 7.11 Å². The van der Waals surface area contributed by atoms with Crippen LogP contribution in [0.4, 0.5) is 0 Å². The summed E-state index contributed by atoms with van der Waals surface area (Å²) in [6.45, 7) is 7.84.